The number of nitrogens with one attached hydrogen (secondary N) is 1. The van der Waals surface area contributed by atoms with E-state index in [1.807, 2.05) is 64.1 Å². The van der Waals surface area contributed by atoms with E-state index in [0.29, 0.717) is 5.15 Å². The number of alkyl carbamates (subject to hydrolysis) is 1. The largest absolute Gasteiger partial charge is 0.492 e. The first kappa shape index (κ1) is 25.5. The molecule has 1 fully saturated rings. The van der Waals surface area contributed by atoms with Crippen molar-refractivity contribution in [2.45, 2.75) is 44.8 Å². The molecule has 6 nitrogen and oxygen atoms in total. The van der Waals surface area contributed by atoms with Crippen LogP contribution in [0.4, 0.5) is 4.79 Å². The number of nitrogens with zero attached hydrogens (tertiary/aromatic N) is 1. The van der Waals surface area contributed by atoms with Crippen molar-refractivity contribution < 1.29 is 18.8 Å². The van der Waals surface area contributed by atoms with E-state index in [1.54, 1.807) is 12.3 Å². The minimum atomic E-state index is -0.633. The molecule has 1 amide bonds. The van der Waals surface area contributed by atoms with E-state index in [-0.39, 0.29) is 19.1 Å². The van der Waals surface area contributed by atoms with Crippen LogP contribution in [0.2, 0.25) is 5.15 Å². The van der Waals surface area contributed by atoms with E-state index in [9.17, 15) is 4.79 Å². The fourth-order valence-electron chi connectivity index (χ4n) is 4.74. The number of carbonyl (C=O) groups excluding carboxylic acids is 1. The molecule has 190 valence electrons. The fraction of sp³-hybridized carbons (Fsp3) is 0.310. The Hall–Kier alpha value is -3.13. The molecule has 8 heteroatoms. The van der Waals surface area contributed by atoms with Gasteiger partial charge in [0, 0.05) is 18.7 Å². The number of hydrogen-bond donors (Lipinski definition) is 1. The highest BCUT2D eigenvalue weighted by molar-refractivity contribution is 6.56. The number of aromatic nitrogens is 1. The molecular weight excluding hydrogens is 487 g/mol. The van der Waals surface area contributed by atoms with Gasteiger partial charge in [0.05, 0.1) is 11.2 Å². The first-order valence-corrected chi connectivity index (χ1v) is 12.8. The van der Waals surface area contributed by atoms with Crippen LogP contribution < -0.4 is 5.32 Å². The van der Waals surface area contributed by atoms with Crippen molar-refractivity contribution in [2.75, 3.05) is 13.2 Å². The lowest BCUT2D eigenvalue weighted by molar-refractivity contribution is 0.00578. The van der Waals surface area contributed by atoms with Gasteiger partial charge in [-0.25, -0.2) is 9.78 Å². The summed E-state index contributed by atoms with van der Waals surface area (Å²) >= 11 is 6.09. The molecule has 1 aliphatic carbocycles. The monoisotopic (exact) mass is 516 g/mol. The average molecular weight is 517 g/mol. The van der Waals surface area contributed by atoms with Gasteiger partial charge in [-0.2, -0.15) is 0 Å². The van der Waals surface area contributed by atoms with E-state index in [0.717, 1.165) is 11.0 Å². The van der Waals surface area contributed by atoms with E-state index >= 15 is 0 Å². The molecule has 0 atom stereocenters. The van der Waals surface area contributed by atoms with E-state index in [4.69, 9.17) is 25.6 Å². The maximum Gasteiger partial charge on any atom is 0.492 e. The van der Waals surface area contributed by atoms with Crippen molar-refractivity contribution in [1.82, 2.24) is 10.3 Å². The standard InChI is InChI=1S/C29H30BClN2O4/c1-28(2)29(3,4)37-30(36-28)20(15-19-13-14-32-26(31)16-19)17-33-27(34)35-18-25-23-11-7-5-9-21(23)22-10-6-8-12-24(22)25/h5-16,25H,17-18H2,1-4H3,(H,33,34). The number of halogens is 1. The minimum absolute atomic E-state index is 0.00443. The van der Waals surface area contributed by atoms with E-state index in [2.05, 4.69) is 34.6 Å². The zero-order valence-electron chi connectivity index (χ0n) is 21.5. The second-order valence-corrected chi connectivity index (χ2v) is 10.8. The maximum atomic E-state index is 12.8. The Morgan fingerprint density at radius 1 is 1.03 bits per heavy atom. The lowest BCUT2D eigenvalue weighted by Gasteiger charge is -2.32. The van der Waals surface area contributed by atoms with Crippen molar-refractivity contribution in [3.8, 4) is 11.1 Å². The molecule has 2 aliphatic rings. The summed E-state index contributed by atoms with van der Waals surface area (Å²) in [5.41, 5.74) is 5.26. The van der Waals surface area contributed by atoms with Gasteiger partial charge in [-0.15, -0.1) is 0 Å². The third-order valence-corrected chi connectivity index (χ3v) is 7.65. The molecule has 0 bridgehead atoms. The van der Waals surface area contributed by atoms with Crippen molar-refractivity contribution in [2.24, 2.45) is 0 Å². The number of ether oxygens (including phenoxy) is 1. The lowest BCUT2D eigenvalue weighted by Crippen LogP contribution is -2.41. The van der Waals surface area contributed by atoms with Crippen LogP contribution >= 0.6 is 11.6 Å². The quantitative estimate of drug-likeness (QED) is 0.308. The molecule has 3 aromatic rings. The van der Waals surface area contributed by atoms with Gasteiger partial charge in [-0.3, -0.25) is 0 Å². The smallest absolute Gasteiger partial charge is 0.449 e. The van der Waals surface area contributed by atoms with Gasteiger partial charge < -0.3 is 19.4 Å². The van der Waals surface area contributed by atoms with Crippen molar-refractivity contribution in [1.29, 1.82) is 0 Å². The second-order valence-electron chi connectivity index (χ2n) is 10.4. The number of carbonyl (C=O) groups is 1. The first-order valence-electron chi connectivity index (χ1n) is 12.4. The van der Waals surface area contributed by atoms with Crippen molar-refractivity contribution in [3.05, 3.63) is 94.2 Å². The highest BCUT2D eigenvalue weighted by atomic mass is 35.5. The summed E-state index contributed by atoms with van der Waals surface area (Å²) in [5.74, 6) is -0.00443. The topological polar surface area (TPSA) is 69.7 Å². The fourth-order valence-corrected chi connectivity index (χ4v) is 4.92. The molecule has 0 spiro atoms. The van der Waals surface area contributed by atoms with Gasteiger partial charge in [0.1, 0.15) is 11.8 Å². The van der Waals surface area contributed by atoms with Crippen LogP contribution in [-0.2, 0) is 14.0 Å². The van der Waals surface area contributed by atoms with Gasteiger partial charge in [-0.1, -0.05) is 66.2 Å². The second kappa shape index (κ2) is 9.97. The van der Waals surface area contributed by atoms with Crippen molar-refractivity contribution in [3.63, 3.8) is 0 Å². The third-order valence-electron chi connectivity index (χ3n) is 7.44. The van der Waals surface area contributed by atoms with Crippen LogP contribution in [-0.4, -0.2) is 42.5 Å². The predicted octanol–water partition coefficient (Wildman–Crippen LogP) is 6.29. The molecule has 5 rings (SSSR count). The van der Waals surface area contributed by atoms with Crippen LogP contribution in [0, 0.1) is 0 Å². The number of rotatable bonds is 6. The highest BCUT2D eigenvalue weighted by Gasteiger charge is 2.52. The number of amides is 1. The van der Waals surface area contributed by atoms with E-state index in [1.165, 1.54) is 22.3 Å². The lowest BCUT2D eigenvalue weighted by atomic mass is 9.77. The van der Waals surface area contributed by atoms with Gasteiger partial charge >= 0.3 is 13.2 Å². The van der Waals surface area contributed by atoms with Crippen LogP contribution in [0.25, 0.3) is 17.2 Å². The van der Waals surface area contributed by atoms with Gasteiger partial charge in [0.15, 0.2) is 0 Å². The van der Waals surface area contributed by atoms with Crippen LogP contribution in [0.15, 0.2) is 72.3 Å². The highest BCUT2D eigenvalue weighted by Crippen LogP contribution is 2.44. The molecule has 37 heavy (non-hydrogen) atoms. The zero-order chi connectivity index (χ0) is 26.2. The summed E-state index contributed by atoms with van der Waals surface area (Å²) < 4.78 is 18.2. The summed E-state index contributed by atoms with van der Waals surface area (Å²) in [6.45, 7) is 8.41. The Labute approximate surface area is 223 Å². The molecule has 2 aromatic carbocycles. The molecule has 1 saturated heterocycles. The predicted molar refractivity (Wildman–Crippen MR) is 146 cm³/mol. The van der Waals surface area contributed by atoms with Gasteiger partial charge in [0.25, 0.3) is 0 Å². The molecule has 0 unspecified atom stereocenters. The molecule has 1 N–H and O–H groups in total. The number of fused-ring (bicyclic) bond motifs is 3. The molecule has 0 radical (unpaired) electrons. The molecule has 1 aromatic heterocycles. The summed E-state index contributed by atoms with van der Waals surface area (Å²) in [4.78, 5) is 16.9. The van der Waals surface area contributed by atoms with Crippen molar-refractivity contribution >= 4 is 30.9 Å². The van der Waals surface area contributed by atoms with E-state index < -0.39 is 24.4 Å². The Bertz CT molecular complexity index is 1300. The number of hydrogen-bond acceptors (Lipinski definition) is 5. The van der Waals surface area contributed by atoms with Crippen LogP contribution in [0.5, 0.6) is 0 Å². The summed E-state index contributed by atoms with van der Waals surface area (Å²) in [7, 11) is -0.633. The Kier molecular flexibility index (Phi) is 6.88. The Morgan fingerprint density at radius 3 is 2.22 bits per heavy atom. The average Bonchev–Trinajstić information content (AvgIpc) is 3.29. The Balaban J connectivity index is 1.29. The SMILES string of the molecule is CC1(C)OB(C(=Cc2ccnc(Cl)c2)CNC(=O)OCC2c3ccccc3-c3ccccc32)OC1(C)C. The summed E-state index contributed by atoms with van der Waals surface area (Å²) in [6, 6.07) is 20.1. The minimum Gasteiger partial charge on any atom is -0.449 e. The maximum absolute atomic E-state index is 12.8. The molecule has 1 aliphatic heterocycles. The Morgan fingerprint density at radius 2 is 1.62 bits per heavy atom. The van der Waals surface area contributed by atoms with Crippen LogP contribution in [0.3, 0.4) is 0 Å². The number of benzene rings is 2. The summed E-state index contributed by atoms with van der Waals surface area (Å²) in [6.07, 6.45) is 3.03. The molecule has 2 heterocycles. The van der Waals surface area contributed by atoms with Gasteiger partial charge in [0.2, 0.25) is 0 Å². The summed E-state index contributed by atoms with van der Waals surface area (Å²) in [5, 5.41) is 3.26. The number of pyridine rings is 1. The first-order chi connectivity index (χ1) is 17.6. The molecule has 0 saturated carbocycles. The molecular formula is C29H30BClN2O4. The zero-order valence-corrected chi connectivity index (χ0v) is 22.2. The normalized spacial score (nSPS) is 17.9. The van der Waals surface area contributed by atoms with Gasteiger partial charge in [-0.05, 0) is 73.1 Å². The van der Waals surface area contributed by atoms with Crippen LogP contribution in [0.1, 0.15) is 50.3 Å². The third kappa shape index (κ3) is 5.17.